The SMILES string of the molecule is CC(OC(=O)c1ccccc1OCCOc1ccccc1)C(=O)NC1CCCC1. The van der Waals surface area contributed by atoms with E-state index in [4.69, 9.17) is 14.2 Å². The van der Waals surface area contributed by atoms with Gasteiger partial charge < -0.3 is 19.5 Å². The van der Waals surface area contributed by atoms with E-state index in [0.717, 1.165) is 31.4 Å². The molecule has 1 aliphatic rings. The van der Waals surface area contributed by atoms with Crippen LogP contribution in [0.3, 0.4) is 0 Å². The summed E-state index contributed by atoms with van der Waals surface area (Å²) >= 11 is 0. The van der Waals surface area contributed by atoms with Crippen LogP contribution in [0.15, 0.2) is 54.6 Å². The fourth-order valence-electron chi connectivity index (χ4n) is 3.26. The summed E-state index contributed by atoms with van der Waals surface area (Å²) in [6.45, 7) is 2.20. The fraction of sp³-hybridized carbons (Fsp3) is 0.391. The van der Waals surface area contributed by atoms with E-state index >= 15 is 0 Å². The second-order valence-corrected chi connectivity index (χ2v) is 7.04. The van der Waals surface area contributed by atoms with Crippen LogP contribution in [0.25, 0.3) is 0 Å². The van der Waals surface area contributed by atoms with Gasteiger partial charge in [0.2, 0.25) is 0 Å². The van der Waals surface area contributed by atoms with Gasteiger partial charge in [-0.15, -0.1) is 0 Å². The fourth-order valence-corrected chi connectivity index (χ4v) is 3.26. The number of para-hydroxylation sites is 2. The third kappa shape index (κ3) is 6.24. The summed E-state index contributed by atoms with van der Waals surface area (Å²) in [5.41, 5.74) is 0.285. The monoisotopic (exact) mass is 397 g/mol. The van der Waals surface area contributed by atoms with E-state index < -0.39 is 12.1 Å². The van der Waals surface area contributed by atoms with Crippen molar-refractivity contribution < 1.29 is 23.8 Å². The number of rotatable bonds is 9. The van der Waals surface area contributed by atoms with Crippen molar-refractivity contribution in [2.24, 2.45) is 0 Å². The maximum absolute atomic E-state index is 12.6. The quantitative estimate of drug-likeness (QED) is 0.515. The third-order valence-corrected chi connectivity index (χ3v) is 4.81. The summed E-state index contributed by atoms with van der Waals surface area (Å²) < 4.78 is 16.7. The lowest BCUT2D eigenvalue weighted by Crippen LogP contribution is -2.40. The van der Waals surface area contributed by atoms with Gasteiger partial charge in [0.15, 0.2) is 6.10 Å². The second-order valence-electron chi connectivity index (χ2n) is 7.04. The van der Waals surface area contributed by atoms with Gasteiger partial charge in [-0.1, -0.05) is 43.2 Å². The number of esters is 1. The lowest BCUT2D eigenvalue weighted by atomic mass is 10.2. The molecular formula is C23H27NO5. The number of hydrogen-bond donors (Lipinski definition) is 1. The largest absolute Gasteiger partial charge is 0.490 e. The topological polar surface area (TPSA) is 73.9 Å². The molecule has 3 rings (SSSR count). The Labute approximate surface area is 171 Å². The van der Waals surface area contributed by atoms with Gasteiger partial charge in [-0.05, 0) is 44.0 Å². The van der Waals surface area contributed by atoms with Crippen LogP contribution in [0.1, 0.15) is 43.0 Å². The average molecular weight is 397 g/mol. The molecule has 29 heavy (non-hydrogen) atoms. The van der Waals surface area contributed by atoms with Gasteiger partial charge in [-0.2, -0.15) is 0 Å². The van der Waals surface area contributed by atoms with Crippen molar-refractivity contribution in [1.82, 2.24) is 5.32 Å². The number of ether oxygens (including phenoxy) is 3. The second kappa shape index (κ2) is 10.5. The third-order valence-electron chi connectivity index (χ3n) is 4.81. The summed E-state index contributed by atoms with van der Waals surface area (Å²) in [4.78, 5) is 24.8. The van der Waals surface area contributed by atoms with Crippen molar-refractivity contribution >= 4 is 11.9 Å². The molecule has 0 bridgehead atoms. The van der Waals surface area contributed by atoms with Crippen molar-refractivity contribution in [2.75, 3.05) is 13.2 Å². The minimum absolute atomic E-state index is 0.184. The van der Waals surface area contributed by atoms with E-state index in [1.54, 1.807) is 31.2 Å². The Morgan fingerprint density at radius 3 is 2.38 bits per heavy atom. The van der Waals surface area contributed by atoms with Crippen LogP contribution in [0.5, 0.6) is 11.5 Å². The van der Waals surface area contributed by atoms with Gasteiger partial charge >= 0.3 is 5.97 Å². The van der Waals surface area contributed by atoms with E-state index in [9.17, 15) is 9.59 Å². The van der Waals surface area contributed by atoms with Gasteiger partial charge in [-0.25, -0.2) is 4.79 Å². The predicted octanol–water partition coefficient (Wildman–Crippen LogP) is 3.75. The highest BCUT2D eigenvalue weighted by Crippen LogP contribution is 2.21. The number of hydrogen-bond acceptors (Lipinski definition) is 5. The molecule has 1 saturated carbocycles. The molecule has 2 aromatic rings. The molecule has 1 atom stereocenters. The molecule has 0 saturated heterocycles. The zero-order valence-corrected chi connectivity index (χ0v) is 16.6. The molecule has 1 amide bonds. The molecule has 0 aromatic heterocycles. The Kier molecular flexibility index (Phi) is 7.50. The first-order chi connectivity index (χ1) is 14.1. The Morgan fingerprint density at radius 2 is 1.62 bits per heavy atom. The number of amides is 1. The van der Waals surface area contributed by atoms with E-state index in [2.05, 4.69) is 5.32 Å². The van der Waals surface area contributed by atoms with E-state index in [1.807, 2.05) is 30.3 Å². The zero-order valence-electron chi connectivity index (χ0n) is 16.6. The van der Waals surface area contributed by atoms with Gasteiger partial charge in [0, 0.05) is 6.04 Å². The first kappa shape index (κ1) is 20.7. The zero-order chi connectivity index (χ0) is 20.5. The molecule has 154 valence electrons. The van der Waals surface area contributed by atoms with Crippen molar-refractivity contribution in [3.05, 3.63) is 60.2 Å². The Bertz CT molecular complexity index is 802. The van der Waals surface area contributed by atoms with Crippen LogP contribution >= 0.6 is 0 Å². The van der Waals surface area contributed by atoms with E-state index in [1.165, 1.54) is 0 Å². The first-order valence-corrected chi connectivity index (χ1v) is 10.0. The maximum atomic E-state index is 12.6. The van der Waals surface area contributed by atoms with Crippen LogP contribution in [0, 0.1) is 0 Å². The number of carbonyl (C=O) groups is 2. The van der Waals surface area contributed by atoms with Gasteiger partial charge in [-0.3, -0.25) is 4.79 Å². The summed E-state index contributed by atoms with van der Waals surface area (Å²) in [5, 5.41) is 2.94. The molecule has 1 unspecified atom stereocenters. The molecule has 0 spiro atoms. The molecule has 0 radical (unpaired) electrons. The number of carbonyl (C=O) groups excluding carboxylic acids is 2. The molecular weight excluding hydrogens is 370 g/mol. The Morgan fingerprint density at radius 1 is 0.966 bits per heavy atom. The van der Waals surface area contributed by atoms with Crippen molar-refractivity contribution in [1.29, 1.82) is 0 Å². The normalized spacial score (nSPS) is 14.8. The van der Waals surface area contributed by atoms with Crippen molar-refractivity contribution in [3.8, 4) is 11.5 Å². The van der Waals surface area contributed by atoms with Gasteiger partial charge in [0.1, 0.15) is 30.3 Å². The molecule has 1 aliphatic carbocycles. The van der Waals surface area contributed by atoms with Gasteiger partial charge in [0.05, 0.1) is 0 Å². The molecule has 6 nitrogen and oxygen atoms in total. The number of nitrogens with one attached hydrogen (secondary N) is 1. The van der Waals surface area contributed by atoms with Crippen LogP contribution in [0.2, 0.25) is 0 Å². The molecule has 1 fully saturated rings. The van der Waals surface area contributed by atoms with Crippen LogP contribution in [-0.2, 0) is 9.53 Å². The van der Waals surface area contributed by atoms with E-state index in [-0.39, 0.29) is 24.1 Å². The lowest BCUT2D eigenvalue weighted by molar-refractivity contribution is -0.129. The lowest BCUT2D eigenvalue weighted by Gasteiger charge is -2.18. The van der Waals surface area contributed by atoms with Gasteiger partial charge in [0.25, 0.3) is 5.91 Å². The number of benzene rings is 2. The van der Waals surface area contributed by atoms with E-state index in [0.29, 0.717) is 12.4 Å². The highest BCUT2D eigenvalue weighted by molar-refractivity contribution is 5.94. The highest BCUT2D eigenvalue weighted by Gasteiger charge is 2.24. The highest BCUT2D eigenvalue weighted by atomic mass is 16.6. The molecule has 0 heterocycles. The standard InChI is InChI=1S/C23H27NO5/c1-17(22(25)24-18-9-5-6-10-18)29-23(26)20-13-7-8-14-21(20)28-16-15-27-19-11-3-2-4-12-19/h2-4,7-8,11-14,17-18H,5-6,9-10,15-16H2,1H3,(H,24,25). The van der Waals surface area contributed by atoms with Crippen LogP contribution < -0.4 is 14.8 Å². The smallest absolute Gasteiger partial charge is 0.342 e. The minimum atomic E-state index is -0.863. The molecule has 6 heteroatoms. The summed E-state index contributed by atoms with van der Waals surface area (Å²) in [5.74, 6) is 0.307. The molecule has 2 aromatic carbocycles. The first-order valence-electron chi connectivity index (χ1n) is 10.0. The van der Waals surface area contributed by atoms with Crippen molar-refractivity contribution in [2.45, 2.75) is 44.8 Å². The van der Waals surface area contributed by atoms with Crippen LogP contribution in [0.4, 0.5) is 0 Å². The Balaban J connectivity index is 1.50. The van der Waals surface area contributed by atoms with Crippen molar-refractivity contribution in [3.63, 3.8) is 0 Å². The summed E-state index contributed by atoms with van der Waals surface area (Å²) in [6.07, 6.45) is 3.34. The summed E-state index contributed by atoms with van der Waals surface area (Å²) in [7, 11) is 0. The van der Waals surface area contributed by atoms with Crippen LogP contribution in [-0.4, -0.2) is 37.2 Å². The predicted molar refractivity (Wildman–Crippen MR) is 109 cm³/mol. The Hall–Kier alpha value is -3.02. The summed E-state index contributed by atoms with van der Waals surface area (Å²) in [6, 6.07) is 16.4. The molecule has 0 aliphatic heterocycles. The maximum Gasteiger partial charge on any atom is 0.342 e. The molecule has 1 N–H and O–H groups in total. The average Bonchev–Trinajstić information content (AvgIpc) is 3.25. The minimum Gasteiger partial charge on any atom is -0.490 e.